The highest BCUT2D eigenvalue weighted by molar-refractivity contribution is 5.26. The van der Waals surface area contributed by atoms with Gasteiger partial charge in [0.2, 0.25) is 0 Å². The van der Waals surface area contributed by atoms with E-state index in [1.54, 1.807) is 0 Å². The van der Waals surface area contributed by atoms with Crippen LogP contribution in [0.1, 0.15) is 17.2 Å². The van der Waals surface area contributed by atoms with Gasteiger partial charge in [0.25, 0.3) is 0 Å². The Morgan fingerprint density at radius 1 is 1.50 bits per heavy atom. The first-order chi connectivity index (χ1) is 7.66. The third-order valence-corrected chi connectivity index (χ3v) is 3.27. The fourth-order valence-electron chi connectivity index (χ4n) is 2.28. The highest BCUT2D eigenvalue weighted by Crippen LogP contribution is 2.17. The van der Waals surface area contributed by atoms with Crippen molar-refractivity contribution in [3.05, 3.63) is 35.4 Å². The fraction of sp³-hybridized carbons (Fsp3) is 0.538. The Balaban J connectivity index is 2.09. The zero-order valence-electron chi connectivity index (χ0n) is 10.1. The van der Waals surface area contributed by atoms with Crippen LogP contribution in [0.15, 0.2) is 24.3 Å². The second-order valence-corrected chi connectivity index (χ2v) is 4.76. The summed E-state index contributed by atoms with van der Waals surface area (Å²) < 4.78 is 0. The molecule has 0 saturated carbocycles. The van der Waals surface area contributed by atoms with E-state index in [-0.39, 0.29) is 6.04 Å². The lowest BCUT2D eigenvalue weighted by Crippen LogP contribution is -2.53. The lowest BCUT2D eigenvalue weighted by Gasteiger charge is -2.34. The molecule has 2 rings (SSSR count). The summed E-state index contributed by atoms with van der Waals surface area (Å²) in [5.41, 5.74) is 8.82. The number of hydrogen-bond acceptors (Lipinski definition) is 3. The molecule has 2 unspecified atom stereocenters. The summed E-state index contributed by atoms with van der Waals surface area (Å²) in [5, 5.41) is 3.50. The number of nitrogens with two attached hydrogens (primary N) is 1. The van der Waals surface area contributed by atoms with Crippen LogP contribution < -0.4 is 11.1 Å². The molecular formula is C13H21N3. The van der Waals surface area contributed by atoms with Crippen LogP contribution in [0.4, 0.5) is 0 Å². The summed E-state index contributed by atoms with van der Waals surface area (Å²) in [7, 11) is 2.15. The van der Waals surface area contributed by atoms with Crippen molar-refractivity contribution in [3.63, 3.8) is 0 Å². The molecule has 3 heteroatoms. The number of hydrogen-bond donors (Lipinski definition) is 2. The van der Waals surface area contributed by atoms with Gasteiger partial charge in [-0.25, -0.2) is 0 Å². The minimum atomic E-state index is 0.0858. The zero-order valence-corrected chi connectivity index (χ0v) is 10.1. The number of rotatable bonds is 2. The van der Waals surface area contributed by atoms with E-state index in [0.717, 1.165) is 19.6 Å². The predicted octanol–water partition coefficient (Wildman–Crippen LogP) is 0.898. The molecule has 1 aromatic carbocycles. The standard InChI is InChI=1S/C13H21N3/c1-10-4-3-5-11(8-10)13(14)12-9-16(2)7-6-15-12/h3-5,8,12-13,15H,6-7,9,14H2,1-2H3. The Morgan fingerprint density at radius 3 is 3.00 bits per heavy atom. The van der Waals surface area contributed by atoms with Crippen molar-refractivity contribution in [3.8, 4) is 0 Å². The Bertz CT molecular complexity index is 351. The Morgan fingerprint density at radius 2 is 2.31 bits per heavy atom. The van der Waals surface area contributed by atoms with Crippen LogP contribution in [-0.2, 0) is 0 Å². The molecule has 88 valence electrons. The molecule has 0 aromatic heterocycles. The molecule has 0 aliphatic carbocycles. The smallest absolute Gasteiger partial charge is 0.0463 e. The minimum Gasteiger partial charge on any atom is -0.323 e. The molecule has 0 amide bonds. The topological polar surface area (TPSA) is 41.3 Å². The molecule has 3 nitrogen and oxygen atoms in total. The fourth-order valence-corrected chi connectivity index (χ4v) is 2.28. The molecule has 0 radical (unpaired) electrons. The van der Waals surface area contributed by atoms with Crippen molar-refractivity contribution in [1.29, 1.82) is 0 Å². The number of nitrogens with one attached hydrogen (secondary N) is 1. The van der Waals surface area contributed by atoms with Crippen molar-refractivity contribution < 1.29 is 0 Å². The van der Waals surface area contributed by atoms with E-state index in [0.29, 0.717) is 6.04 Å². The summed E-state index contributed by atoms with van der Waals surface area (Å²) in [6.45, 7) is 5.27. The normalized spacial score (nSPS) is 24.3. The van der Waals surface area contributed by atoms with Crippen LogP contribution in [0.3, 0.4) is 0 Å². The molecule has 16 heavy (non-hydrogen) atoms. The number of nitrogens with zero attached hydrogens (tertiary/aromatic N) is 1. The second kappa shape index (κ2) is 4.95. The van der Waals surface area contributed by atoms with Gasteiger partial charge in [-0.2, -0.15) is 0 Å². The number of piperazine rings is 1. The van der Waals surface area contributed by atoms with E-state index < -0.39 is 0 Å². The maximum atomic E-state index is 6.31. The van der Waals surface area contributed by atoms with Gasteiger partial charge in [-0.1, -0.05) is 29.8 Å². The molecule has 1 saturated heterocycles. The highest BCUT2D eigenvalue weighted by Gasteiger charge is 2.23. The van der Waals surface area contributed by atoms with Gasteiger partial charge in [0.15, 0.2) is 0 Å². The van der Waals surface area contributed by atoms with Gasteiger partial charge in [-0.05, 0) is 19.5 Å². The van der Waals surface area contributed by atoms with Crippen LogP contribution in [0.2, 0.25) is 0 Å². The molecule has 1 aliphatic rings. The van der Waals surface area contributed by atoms with Crippen LogP contribution in [0.5, 0.6) is 0 Å². The molecule has 1 heterocycles. The van der Waals surface area contributed by atoms with Crippen LogP contribution >= 0.6 is 0 Å². The first kappa shape index (κ1) is 11.6. The van der Waals surface area contributed by atoms with Crippen molar-refractivity contribution in [2.75, 3.05) is 26.7 Å². The predicted molar refractivity (Wildman–Crippen MR) is 67.4 cm³/mol. The number of likely N-dealkylation sites (N-methyl/N-ethyl adjacent to an activating group) is 1. The summed E-state index contributed by atoms with van der Waals surface area (Å²) >= 11 is 0. The first-order valence-electron chi connectivity index (χ1n) is 5.91. The molecule has 1 fully saturated rings. The monoisotopic (exact) mass is 219 g/mol. The minimum absolute atomic E-state index is 0.0858. The first-order valence-corrected chi connectivity index (χ1v) is 5.91. The quantitative estimate of drug-likeness (QED) is 0.776. The van der Waals surface area contributed by atoms with Gasteiger partial charge in [0.1, 0.15) is 0 Å². The maximum Gasteiger partial charge on any atom is 0.0463 e. The Kier molecular flexibility index (Phi) is 3.59. The van der Waals surface area contributed by atoms with Gasteiger partial charge in [-0.15, -0.1) is 0 Å². The van der Waals surface area contributed by atoms with Crippen molar-refractivity contribution in [1.82, 2.24) is 10.2 Å². The largest absolute Gasteiger partial charge is 0.323 e. The van der Waals surface area contributed by atoms with Crippen molar-refractivity contribution in [2.24, 2.45) is 5.73 Å². The maximum absolute atomic E-state index is 6.31. The van der Waals surface area contributed by atoms with Crippen LogP contribution in [0, 0.1) is 6.92 Å². The molecule has 3 N–H and O–H groups in total. The van der Waals surface area contributed by atoms with E-state index in [1.165, 1.54) is 11.1 Å². The molecule has 0 spiro atoms. The molecule has 1 aromatic rings. The lowest BCUT2D eigenvalue weighted by atomic mass is 9.97. The summed E-state index contributed by atoms with van der Waals surface area (Å²) in [5.74, 6) is 0. The van der Waals surface area contributed by atoms with Crippen LogP contribution in [0.25, 0.3) is 0 Å². The lowest BCUT2D eigenvalue weighted by molar-refractivity contribution is 0.220. The summed E-state index contributed by atoms with van der Waals surface area (Å²) in [4.78, 5) is 2.33. The van der Waals surface area contributed by atoms with Gasteiger partial charge in [-0.3, -0.25) is 0 Å². The molecule has 1 aliphatic heterocycles. The van der Waals surface area contributed by atoms with Crippen molar-refractivity contribution in [2.45, 2.75) is 19.0 Å². The van der Waals surface area contributed by atoms with E-state index in [9.17, 15) is 0 Å². The molecular weight excluding hydrogens is 198 g/mol. The van der Waals surface area contributed by atoms with E-state index in [1.807, 2.05) is 0 Å². The third kappa shape index (κ3) is 2.61. The van der Waals surface area contributed by atoms with Gasteiger partial charge in [0, 0.05) is 31.7 Å². The average Bonchev–Trinajstić information content (AvgIpc) is 2.28. The Hall–Kier alpha value is -0.900. The summed E-state index contributed by atoms with van der Waals surface area (Å²) in [6.07, 6.45) is 0. The SMILES string of the molecule is Cc1cccc(C(N)C2CN(C)CCN2)c1. The average molecular weight is 219 g/mol. The Labute approximate surface area is 97.6 Å². The third-order valence-electron chi connectivity index (χ3n) is 3.27. The van der Waals surface area contributed by atoms with Crippen LogP contribution in [-0.4, -0.2) is 37.6 Å². The highest BCUT2D eigenvalue weighted by atomic mass is 15.2. The van der Waals surface area contributed by atoms with Gasteiger partial charge >= 0.3 is 0 Å². The molecule has 0 bridgehead atoms. The number of benzene rings is 1. The zero-order chi connectivity index (χ0) is 11.5. The van der Waals surface area contributed by atoms with Gasteiger partial charge < -0.3 is 16.0 Å². The van der Waals surface area contributed by atoms with E-state index in [4.69, 9.17) is 5.73 Å². The van der Waals surface area contributed by atoms with Gasteiger partial charge in [0.05, 0.1) is 0 Å². The van der Waals surface area contributed by atoms with Crippen molar-refractivity contribution >= 4 is 0 Å². The number of aryl methyl sites for hydroxylation is 1. The van der Waals surface area contributed by atoms with E-state index >= 15 is 0 Å². The summed E-state index contributed by atoms with van der Waals surface area (Å²) in [6, 6.07) is 8.94. The van der Waals surface area contributed by atoms with E-state index in [2.05, 4.69) is 48.5 Å². The molecule has 2 atom stereocenters. The second-order valence-electron chi connectivity index (χ2n) is 4.76.